The summed E-state index contributed by atoms with van der Waals surface area (Å²) in [6.07, 6.45) is 0.649. The maximum absolute atomic E-state index is 13.0. The Labute approximate surface area is 174 Å². The maximum atomic E-state index is 13.0. The molecule has 0 saturated carbocycles. The Bertz CT molecular complexity index is 1070. The molecule has 0 radical (unpaired) electrons. The van der Waals surface area contributed by atoms with E-state index >= 15 is 0 Å². The van der Waals surface area contributed by atoms with Crippen molar-refractivity contribution in [3.05, 3.63) is 90.2 Å². The number of nitrogens with one attached hydrogen (secondary N) is 2. The number of amides is 1. The van der Waals surface area contributed by atoms with Crippen LogP contribution < -0.4 is 14.8 Å². The summed E-state index contributed by atoms with van der Waals surface area (Å²) < 4.78 is 45.6. The van der Waals surface area contributed by atoms with Gasteiger partial charge in [-0.05, 0) is 67.1 Å². The zero-order valence-corrected chi connectivity index (χ0v) is 16.9. The van der Waals surface area contributed by atoms with Gasteiger partial charge >= 0.3 is 0 Å². The van der Waals surface area contributed by atoms with Crippen molar-refractivity contribution in [2.75, 3.05) is 17.9 Å². The number of carbonyl (C=O) groups excluding carboxylic acids is 1. The first-order chi connectivity index (χ1) is 14.4. The molecule has 0 bridgehead atoms. The van der Waals surface area contributed by atoms with Crippen molar-refractivity contribution in [2.45, 2.75) is 11.3 Å². The van der Waals surface area contributed by atoms with Crippen LogP contribution in [0.15, 0.2) is 83.8 Å². The molecule has 0 atom stereocenters. The number of rotatable bonds is 9. The molecule has 0 fully saturated rings. The van der Waals surface area contributed by atoms with E-state index in [0.717, 1.165) is 17.9 Å². The second-order valence-corrected chi connectivity index (χ2v) is 8.09. The Balaban J connectivity index is 1.47. The van der Waals surface area contributed by atoms with Gasteiger partial charge in [0, 0.05) is 17.8 Å². The second kappa shape index (κ2) is 9.89. The maximum Gasteiger partial charge on any atom is 0.261 e. The predicted molar refractivity (Wildman–Crippen MR) is 113 cm³/mol. The summed E-state index contributed by atoms with van der Waals surface area (Å²) in [4.78, 5) is 12.1. The van der Waals surface area contributed by atoms with Crippen LogP contribution in [-0.4, -0.2) is 27.5 Å². The molecule has 3 aromatic rings. The summed E-state index contributed by atoms with van der Waals surface area (Å²) in [5.41, 5.74) is 0.704. The van der Waals surface area contributed by atoms with Crippen molar-refractivity contribution in [3.63, 3.8) is 0 Å². The zero-order chi connectivity index (χ0) is 21.4. The van der Waals surface area contributed by atoms with Gasteiger partial charge in [0.1, 0.15) is 11.6 Å². The normalized spacial score (nSPS) is 11.0. The molecular weight excluding hydrogens is 407 g/mol. The molecule has 0 heterocycles. The number of halogens is 1. The first-order valence-corrected chi connectivity index (χ1v) is 10.8. The smallest absolute Gasteiger partial charge is 0.261 e. The topological polar surface area (TPSA) is 84.5 Å². The molecule has 0 aliphatic rings. The average molecular weight is 428 g/mol. The first-order valence-electron chi connectivity index (χ1n) is 9.28. The van der Waals surface area contributed by atoms with Crippen molar-refractivity contribution < 1.29 is 22.3 Å². The molecule has 0 spiro atoms. The minimum absolute atomic E-state index is 0.0524. The van der Waals surface area contributed by atoms with E-state index in [1.165, 1.54) is 36.4 Å². The molecular formula is C22H21FN2O4S. The van der Waals surface area contributed by atoms with E-state index in [4.69, 9.17) is 4.74 Å². The monoisotopic (exact) mass is 428 g/mol. The van der Waals surface area contributed by atoms with E-state index < -0.39 is 15.8 Å². The minimum Gasteiger partial charge on any atom is -0.494 e. The third-order valence-electron chi connectivity index (χ3n) is 4.14. The van der Waals surface area contributed by atoms with E-state index in [1.807, 2.05) is 30.3 Å². The summed E-state index contributed by atoms with van der Waals surface area (Å²) in [5.74, 6) is 0.00102. The van der Waals surface area contributed by atoms with Gasteiger partial charge in [0.25, 0.3) is 15.9 Å². The molecule has 156 valence electrons. The fourth-order valence-electron chi connectivity index (χ4n) is 2.60. The lowest BCUT2D eigenvalue weighted by Gasteiger charge is -2.10. The van der Waals surface area contributed by atoms with Crippen molar-refractivity contribution in [1.29, 1.82) is 0 Å². The molecule has 30 heavy (non-hydrogen) atoms. The minimum atomic E-state index is -3.84. The third-order valence-corrected chi connectivity index (χ3v) is 5.54. The highest BCUT2D eigenvalue weighted by Gasteiger charge is 2.14. The summed E-state index contributed by atoms with van der Waals surface area (Å²) in [7, 11) is -3.84. The highest BCUT2D eigenvalue weighted by Crippen LogP contribution is 2.17. The van der Waals surface area contributed by atoms with Gasteiger partial charge in [-0.15, -0.1) is 0 Å². The van der Waals surface area contributed by atoms with Gasteiger partial charge in [0.05, 0.1) is 11.5 Å². The first kappa shape index (κ1) is 21.3. The lowest BCUT2D eigenvalue weighted by molar-refractivity contribution is 0.0951. The van der Waals surface area contributed by atoms with Crippen LogP contribution in [0.1, 0.15) is 16.8 Å². The zero-order valence-electron chi connectivity index (χ0n) is 16.0. The van der Waals surface area contributed by atoms with Crippen molar-refractivity contribution >= 4 is 21.6 Å². The number of carbonyl (C=O) groups is 1. The number of hydrogen-bond donors (Lipinski definition) is 2. The lowest BCUT2D eigenvalue weighted by atomic mass is 10.2. The van der Waals surface area contributed by atoms with Crippen LogP contribution >= 0.6 is 0 Å². The van der Waals surface area contributed by atoms with E-state index in [-0.39, 0.29) is 10.8 Å². The van der Waals surface area contributed by atoms with Gasteiger partial charge < -0.3 is 10.1 Å². The molecule has 6 nitrogen and oxygen atoms in total. The number of benzene rings is 3. The highest BCUT2D eigenvalue weighted by molar-refractivity contribution is 7.92. The van der Waals surface area contributed by atoms with Gasteiger partial charge in [-0.2, -0.15) is 0 Å². The highest BCUT2D eigenvalue weighted by atomic mass is 32.2. The number of para-hydroxylation sites is 1. The lowest BCUT2D eigenvalue weighted by Crippen LogP contribution is -2.25. The van der Waals surface area contributed by atoms with Gasteiger partial charge in [-0.25, -0.2) is 12.8 Å². The van der Waals surface area contributed by atoms with Gasteiger partial charge in [0.15, 0.2) is 0 Å². The summed E-state index contributed by atoms with van der Waals surface area (Å²) in [6, 6.07) is 20.0. The molecule has 3 aromatic carbocycles. The van der Waals surface area contributed by atoms with Crippen LogP contribution in [0.2, 0.25) is 0 Å². The number of ether oxygens (including phenoxy) is 1. The van der Waals surface area contributed by atoms with Crippen LogP contribution in [0.3, 0.4) is 0 Å². The van der Waals surface area contributed by atoms with E-state index in [9.17, 15) is 17.6 Å². The van der Waals surface area contributed by atoms with Gasteiger partial charge in [-0.1, -0.05) is 18.2 Å². The number of anilines is 1. The molecule has 0 aromatic heterocycles. The molecule has 0 aliphatic heterocycles. The Kier molecular flexibility index (Phi) is 7.03. The molecule has 2 N–H and O–H groups in total. The molecule has 0 aliphatic carbocycles. The number of sulfonamides is 1. The SMILES string of the molecule is O=C(NCCCOc1ccccc1)c1ccc(NS(=O)(=O)c2ccc(F)cc2)cc1. The second-order valence-electron chi connectivity index (χ2n) is 6.41. The van der Waals surface area contributed by atoms with E-state index in [0.29, 0.717) is 30.8 Å². The van der Waals surface area contributed by atoms with Crippen LogP contribution in [-0.2, 0) is 10.0 Å². The van der Waals surface area contributed by atoms with Crippen LogP contribution in [0.5, 0.6) is 5.75 Å². The largest absolute Gasteiger partial charge is 0.494 e. The fourth-order valence-corrected chi connectivity index (χ4v) is 3.66. The fraction of sp³-hybridized carbons (Fsp3) is 0.136. The molecule has 0 unspecified atom stereocenters. The Morgan fingerprint density at radius 3 is 2.23 bits per heavy atom. The van der Waals surface area contributed by atoms with Crippen LogP contribution in [0.25, 0.3) is 0 Å². The average Bonchev–Trinajstić information content (AvgIpc) is 2.74. The quantitative estimate of drug-likeness (QED) is 0.508. The Morgan fingerprint density at radius 1 is 0.900 bits per heavy atom. The van der Waals surface area contributed by atoms with Crippen molar-refractivity contribution in [1.82, 2.24) is 5.32 Å². The number of hydrogen-bond acceptors (Lipinski definition) is 4. The summed E-state index contributed by atoms with van der Waals surface area (Å²) in [5, 5.41) is 2.79. The third kappa shape index (κ3) is 6.05. The summed E-state index contributed by atoms with van der Waals surface area (Å²) in [6.45, 7) is 0.930. The molecule has 8 heteroatoms. The van der Waals surface area contributed by atoms with Crippen LogP contribution in [0, 0.1) is 5.82 Å². The van der Waals surface area contributed by atoms with Crippen molar-refractivity contribution in [3.8, 4) is 5.75 Å². The van der Waals surface area contributed by atoms with Gasteiger partial charge in [0.2, 0.25) is 0 Å². The van der Waals surface area contributed by atoms with E-state index in [1.54, 1.807) is 0 Å². The Morgan fingerprint density at radius 2 is 1.57 bits per heavy atom. The molecule has 1 amide bonds. The summed E-state index contributed by atoms with van der Waals surface area (Å²) >= 11 is 0. The standard InChI is InChI=1S/C22H21FN2O4S/c23-18-9-13-21(14-10-18)30(27,28)25-19-11-7-17(8-12-19)22(26)24-15-4-16-29-20-5-2-1-3-6-20/h1-3,5-14,25H,4,15-16H2,(H,24,26). The van der Waals surface area contributed by atoms with E-state index in [2.05, 4.69) is 10.0 Å². The van der Waals surface area contributed by atoms with Crippen LogP contribution in [0.4, 0.5) is 10.1 Å². The van der Waals surface area contributed by atoms with Crippen molar-refractivity contribution in [2.24, 2.45) is 0 Å². The molecule has 0 saturated heterocycles. The Hall–Kier alpha value is -3.39. The van der Waals surface area contributed by atoms with Gasteiger partial charge in [-0.3, -0.25) is 9.52 Å². The predicted octanol–water partition coefficient (Wildman–Crippen LogP) is 3.83. The molecule has 3 rings (SSSR count).